The lowest BCUT2D eigenvalue weighted by atomic mass is 10.2. The molecule has 124 valence electrons. The monoisotopic (exact) mass is 326 g/mol. The average molecular weight is 326 g/mol. The molecular formula is C17H18N4O3. The molecule has 0 saturated carbocycles. The van der Waals surface area contributed by atoms with Crippen molar-refractivity contribution in [3.05, 3.63) is 59.9 Å². The van der Waals surface area contributed by atoms with E-state index in [1.807, 2.05) is 6.92 Å². The van der Waals surface area contributed by atoms with Gasteiger partial charge in [-0.25, -0.2) is 5.43 Å². The van der Waals surface area contributed by atoms with E-state index in [0.717, 1.165) is 16.9 Å². The first-order valence-electron chi connectivity index (χ1n) is 7.42. The van der Waals surface area contributed by atoms with E-state index < -0.39 is 11.8 Å². The van der Waals surface area contributed by atoms with E-state index in [1.165, 1.54) is 6.21 Å². The van der Waals surface area contributed by atoms with E-state index in [9.17, 15) is 9.59 Å². The number of hydrazone groups is 1. The molecule has 0 aliphatic heterocycles. The van der Waals surface area contributed by atoms with Gasteiger partial charge in [0.25, 0.3) is 0 Å². The topological polar surface area (TPSA) is 92.7 Å². The predicted molar refractivity (Wildman–Crippen MR) is 89.4 cm³/mol. The first-order chi connectivity index (χ1) is 11.7. The van der Waals surface area contributed by atoms with Crippen LogP contribution in [-0.4, -0.2) is 29.6 Å². The molecule has 0 fully saturated rings. The quantitative estimate of drug-likeness (QED) is 0.475. The Kier molecular flexibility index (Phi) is 6.46. The molecule has 0 aliphatic rings. The zero-order chi connectivity index (χ0) is 17.2. The van der Waals surface area contributed by atoms with Gasteiger partial charge in [-0.2, -0.15) is 5.10 Å². The summed E-state index contributed by atoms with van der Waals surface area (Å²) in [5.41, 5.74) is 3.75. The first kappa shape index (κ1) is 17.1. The second-order valence-corrected chi connectivity index (χ2v) is 4.75. The highest BCUT2D eigenvalue weighted by molar-refractivity contribution is 6.35. The van der Waals surface area contributed by atoms with Gasteiger partial charge in [0, 0.05) is 18.9 Å². The number of nitrogens with zero attached hydrogens (tertiary/aromatic N) is 2. The summed E-state index contributed by atoms with van der Waals surface area (Å²) in [7, 11) is 0. The Hall–Kier alpha value is -3.22. The molecule has 7 heteroatoms. The lowest BCUT2D eigenvalue weighted by molar-refractivity contribution is -0.139. The van der Waals surface area contributed by atoms with Crippen LogP contribution in [0.1, 0.15) is 18.1 Å². The molecule has 0 atom stereocenters. The van der Waals surface area contributed by atoms with E-state index in [0.29, 0.717) is 6.61 Å². The highest BCUT2D eigenvalue weighted by Gasteiger charge is 2.11. The molecular weight excluding hydrogens is 308 g/mol. The third-order valence-electron chi connectivity index (χ3n) is 2.95. The Morgan fingerprint density at radius 2 is 2.00 bits per heavy atom. The van der Waals surface area contributed by atoms with Crippen LogP contribution >= 0.6 is 0 Å². The van der Waals surface area contributed by atoms with Crippen molar-refractivity contribution in [2.75, 3.05) is 6.61 Å². The van der Waals surface area contributed by atoms with Crippen molar-refractivity contribution in [1.82, 2.24) is 15.7 Å². The van der Waals surface area contributed by atoms with Gasteiger partial charge in [0.2, 0.25) is 0 Å². The smallest absolute Gasteiger partial charge is 0.329 e. The predicted octanol–water partition coefficient (Wildman–Crippen LogP) is 1.25. The van der Waals surface area contributed by atoms with Gasteiger partial charge in [-0.3, -0.25) is 14.6 Å². The Bertz CT molecular complexity index is 700. The van der Waals surface area contributed by atoms with Crippen molar-refractivity contribution in [3.8, 4) is 5.75 Å². The van der Waals surface area contributed by atoms with Gasteiger partial charge in [0.15, 0.2) is 0 Å². The fourth-order valence-electron chi connectivity index (χ4n) is 1.80. The molecule has 1 heterocycles. The Labute approximate surface area is 139 Å². The summed E-state index contributed by atoms with van der Waals surface area (Å²) in [6, 6.07) is 10.7. The number of rotatable bonds is 6. The molecule has 1 aromatic carbocycles. The third-order valence-corrected chi connectivity index (χ3v) is 2.95. The van der Waals surface area contributed by atoms with Crippen molar-refractivity contribution in [3.63, 3.8) is 0 Å². The van der Waals surface area contributed by atoms with Crippen molar-refractivity contribution in [2.24, 2.45) is 5.10 Å². The SMILES string of the molecule is CCOc1ccc(C=NNC(=O)C(=O)NCc2cccnc2)cc1. The number of hydrogen-bond acceptors (Lipinski definition) is 5. The summed E-state index contributed by atoms with van der Waals surface area (Å²) >= 11 is 0. The van der Waals surface area contributed by atoms with Crippen LogP contribution in [-0.2, 0) is 16.1 Å². The maximum absolute atomic E-state index is 11.6. The van der Waals surface area contributed by atoms with Gasteiger partial charge >= 0.3 is 11.8 Å². The second kappa shape index (κ2) is 9.04. The number of nitrogens with one attached hydrogen (secondary N) is 2. The minimum Gasteiger partial charge on any atom is -0.494 e. The van der Waals surface area contributed by atoms with E-state index in [4.69, 9.17) is 4.74 Å². The van der Waals surface area contributed by atoms with Crippen LogP contribution in [0.4, 0.5) is 0 Å². The Morgan fingerprint density at radius 1 is 1.21 bits per heavy atom. The van der Waals surface area contributed by atoms with Crippen molar-refractivity contribution >= 4 is 18.0 Å². The molecule has 2 rings (SSSR count). The van der Waals surface area contributed by atoms with Gasteiger partial charge in [-0.1, -0.05) is 6.07 Å². The van der Waals surface area contributed by atoms with Crippen LogP contribution < -0.4 is 15.5 Å². The molecule has 7 nitrogen and oxygen atoms in total. The third kappa shape index (κ3) is 5.53. The van der Waals surface area contributed by atoms with Gasteiger partial charge < -0.3 is 10.1 Å². The summed E-state index contributed by atoms with van der Waals surface area (Å²) in [6.45, 7) is 2.73. The molecule has 1 aromatic heterocycles. The summed E-state index contributed by atoms with van der Waals surface area (Å²) in [5, 5.41) is 6.24. The Balaban J connectivity index is 1.78. The number of amides is 2. The molecule has 2 N–H and O–H groups in total. The molecule has 0 unspecified atom stereocenters. The van der Waals surface area contributed by atoms with Crippen LogP contribution in [0.3, 0.4) is 0 Å². The number of ether oxygens (including phenoxy) is 1. The highest BCUT2D eigenvalue weighted by Crippen LogP contribution is 2.10. The zero-order valence-electron chi connectivity index (χ0n) is 13.2. The van der Waals surface area contributed by atoms with Gasteiger partial charge in [0.1, 0.15) is 5.75 Å². The number of aromatic nitrogens is 1. The molecule has 0 spiro atoms. The minimum absolute atomic E-state index is 0.225. The second-order valence-electron chi connectivity index (χ2n) is 4.75. The van der Waals surface area contributed by atoms with E-state index in [2.05, 4.69) is 20.8 Å². The number of benzene rings is 1. The van der Waals surface area contributed by atoms with E-state index in [-0.39, 0.29) is 6.54 Å². The molecule has 24 heavy (non-hydrogen) atoms. The van der Waals surface area contributed by atoms with Crippen LogP contribution in [0.25, 0.3) is 0 Å². The van der Waals surface area contributed by atoms with Crippen LogP contribution in [0.5, 0.6) is 5.75 Å². The van der Waals surface area contributed by atoms with E-state index in [1.54, 1.807) is 48.8 Å². The van der Waals surface area contributed by atoms with Gasteiger partial charge in [-0.05, 0) is 48.4 Å². The largest absolute Gasteiger partial charge is 0.494 e. The van der Waals surface area contributed by atoms with Crippen molar-refractivity contribution in [1.29, 1.82) is 0 Å². The number of carbonyl (C=O) groups is 2. The standard InChI is InChI=1S/C17H18N4O3/c1-2-24-15-7-5-13(6-8-15)12-20-21-17(23)16(22)19-11-14-4-3-9-18-10-14/h3-10,12H,2,11H2,1H3,(H,19,22)(H,21,23). The van der Waals surface area contributed by atoms with Gasteiger partial charge in [0.05, 0.1) is 12.8 Å². The maximum atomic E-state index is 11.6. The Morgan fingerprint density at radius 3 is 2.67 bits per heavy atom. The fraction of sp³-hybridized carbons (Fsp3) is 0.176. The first-order valence-corrected chi connectivity index (χ1v) is 7.42. The lowest BCUT2D eigenvalue weighted by Crippen LogP contribution is -2.37. The summed E-state index contributed by atoms with van der Waals surface area (Å²) in [4.78, 5) is 27.2. The summed E-state index contributed by atoms with van der Waals surface area (Å²) in [5.74, 6) is -0.836. The summed E-state index contributed by atoms with van der Waals surface area (Å²) < 4.78 is 5.33. The van der Waals surface area contributed by atoms with Crippen molar-refractivity contribution in [2.45, 2.75) is 13.5 Å². The molecule has 2 amide bonds. The van der Waals surface area contributed by atoms with Crippen LogP contribution in [0.2, 0.25) is 0 Å². The minimum atomic E-state index is -0.832. The normalized spacial score (nSPS) is 10.4. The lowest BCUT2D eigenvalue weighted by Gasteiger charge is -2.04. The summed E-state index contributed by atoms with van der Waals surface area (Å²) in [6.07, 6.45) is 4.69. The van der Waals surface area contributed by atoms with Crippen molar-refractivity contribution < 1.29 is 14.3 Å². The zero-order valence-corrected chi connectivity index (χ0v) is 13.2. The molecule has 0 saturated heterocycles. The number of hydrogen-bond donors (Lipinski definition) is 2. The molecule has 0 radical (unpaired) electrons. The number of pyridine rings is 1. The number of carbonyl (C=O) groups excluding carboxylic acids is 2. The molecule has 2 aromatic rings. The van der Waals surface area contributed by atoms with Crippen LogP contribution in [0, 0.1) is 0 Å². The van der Waals surface area contributed by atoms with Crippen LogP contribution in [0.15, 0.2) is 53.9 Å². The molecule has 0 aliphatic carbocycles. The maximum Gasteiger partial charge on any atom is 0.329 e. The van der Waals surface area contributed by atoms with E-state index >= 15 is 0 Å². The molecule has 0 bridgehead atoms. The highest BCUT2D eigenvalue weighted by atomic mass is 16.5. The fourth-order valence-corrected chi connectivity index (χ4v) is 1.80. The van der Waals surface area contributed by atoms with Gasteiger partial charge in [-0.15, -0.1) is 0 Å². The average Bonchev–Trinajstić information content (AvgIpc) is 2.62.